The number of hydrogen-bond donors (Lipinski definition) is 1. The molecule has 2 atom stereocenters. The van der Waals surface area contributed by atoms with Gasteiger partial charge in [0.2, 0.25) is 18.6 Å². The summed E-state index contributed by atoms with van der Waals surface area (Å²) in [5, 5.41) is 3.01. The van der Waals surface area contributed by atoms with Crippen molar-refractivity contribution in [1.29, 1.82) is 0 Å². The summed E-state index contributed by atoms with van der Waals surface area (Å²) in [6.45, 7) is 0.157. The zero-order chi connectivity index (χ0) is 24.4. The van der Waals surface area contributed by atoms with Crippen LogP contribution in [0.15, 0.2) is 66.7 Å². The van der Waals surface area contributed by atoms with E-state index in [0.29, 0.717) is 40.8 Å². The van der Waals surface area contributed by atoms with E-state index in [2.05, 4.69) is 5.32 Å². The van der Waals surface area contributed by atoms with Crippen molar-refractivity contribution in [1.82, 2.24) is 0 Å². The molecular formula is C27H26N2O6. The highest BCUT2D eigenvalue weighted by Gasteiger charge is 2.42. The number of hydrogen-bond acceptors (Lipinski definition) is 6. The molecule has 2 aliphatic heterocycles. The van der Waals surface area contributed by atoms with E-state index in [0.717, 1.165) is 5.56 Å². The third-order valence-electron chi connectivity index (χ3n) is 6.38. The smallest absolute Gasteiger partial charge is 0.231 e. The highest BCUT2D eigenvalue weighted by atomic mass is 16.7. The molecule has 2 amide bonds. The minimum absolute atomic E-state index is 0.0572. The molecule has 0 bridgehead atoms. The van der Waals surface area contributed by atoms with Crippen molar-refractivity contribution in [2.75, 3.05) is 31.2 Å². The van der Waals surface area contributed by atoms with Gasteiger partial charge in [0.15, 0.2) is 11.5 Å². The summed E-state index contributed by atoms with van der Waals surface area (Å²) < 4.78 is 21.7. The number of nitrogens with one attached hydrogen (secondary N) is 1. The SMILES string of the molecule is COc1ccc(N2C(=O)CC[C@@H](C(=O)Nc3ccc4c(c3)OCO4)[C@@H]2c2ccccc2OC)cc1. The van der Waals surface area contributed by atoms with Crippen LogP contribution in [0.4, 0.5) is 11.4 Å². The van der Waals surface area contributed by atoms with Crippen molar-refractivity contribution in [3.63, 3.8) is 0 Å². The average molecular weight is 475 g/mol. The van der Waals surface area contributed by atoms with Gasteiger partial charge in [-0.05, 0) is 48.9 Å². The third kappa shape index (κ3) is 4.35. The number of nitrogens with zero attached hydrogens (tertiary/aromatic N) is 1. The zero-order valence-corrected chi connectivity index (χ0v) is 19.5. The molecule has 0 saturated carbocycles. The fourth-order valence-electron chi connectivity index (χ4n) is 4.69. The fraction of sp³-hybridized carbons (Fsp3) is 0.259. The van der Waals surface area contributed by atoms with Crippen LogP contribution in [0.1, 0.15) is 24.4 Å². The van der Waals surface area contributed by atoms with E-state index < -0.39 is 12.0 Å². The van der Waals surface area contributed by atoms with Crippen molar-refractivity contribution in [2.45, 2.75) is 18.9 Å². The monoisotopic (exact) mass is 474 g/mol. The second-order valence-corrected chi connectivity index (χ2v) is 8.35. The predicted octanol–water partition coefficient (Wildman–Crippen LogP) is 4.56. The van der Waals surface area contributed by atoms with Crippen LogP contribution in [0, 0.1) is 5.92 Å². The number of amides is 2. The molecule has 8 heteroatoms. The summed E-state index contributed by atoms with van der Waals surface area (Å²) in [6.07, 6.45) is 0.654. The van der Waals surface area contributed by atoms with Crippen LogP contribution in [-0.2, 0) is 9.59 Å². The number of piperidine rings is 1. The molecule has 0 aromatic heterocycles. The van der Waals surface area contributed by atoms with Crippen LogP contribution >= 0.6 is 0 Å². The van der Waals surface area contributed by atoms with Crippen LogP contribution in [-0.4, -0.2) is 32.8 Å². The lowest BCUT2D eigenvalue weighted by Gasteiger charge is -2.41. The summed E-state index contributed by atoms with van der Waals surface area (Å²) in [5.74, 6) is 1.77. The maximum Gasteiger partial charge on any atom is 0.231 e. The Morgan fingerprint density at radius 2 is 1.74 bits per heavy atom. The minimum atomic E-state index is -0.560. The van der Waals surface area contributed by atoms with Crippen molar-refractivity contribution in [3.05, 3.63) is 72.3 Å². The maximum atomic E-state index is 13.7. The molecule has 1 N–H and O–H groups in total. The second-order valence-electron chi connectivity index (χ2n) is 8.35. The van der Waals surface area contributed by atoms with E-state index in [9.17, 15) is 9.59 Å². The first-order valence-electron chi connectivity index (χ1n) is 11.4. The van der Waals surface area contributed by atoms with Crippen molar-refractivity contribution in [2.24, 2.45) is 5.92 Å². The van der Waals surface area contributed by atoms with Gasteiger partial charge in [0.1, 0.15) is 11.5 Å². The molecule has 3 aromatic carbocycles. The number of carbonyl (C=O) groups excluding carboxylic acids is 2. The van der Waals surface area contributed by atoms with E-state index in [4.69, 9.17) is 18.9 Å². The van der Waals surface area contributed by atoms with Crippen LogP contribution < -0.4 is 29.2 Å². The molecule has 0 unspecified atom stereocenters. The quantitative estimate of drug-likeness (QED) is 0.564. The number of rotatable bonds is 6. The number of methoxy groups -OCH3 is 2. The third-order valence-corrected chi connectivity index (χ3v) is 6.38. The van der Waals surface area contributed by atoms with Gasteiger partial charge >= 0.3 is 0 Å². The molecule has 3 aromatic rings. The van der Waals surface area contributed by atoms with Gasteiger partial charge in [0.05, 0.1) is 26.2 Å². The molecule has 180 valence electrons. The van der Waals surface area contributed by atoms with Crippen molar-refractivity contribution in [3.8, 4) is 23.0 Å². The van der Waals surface area contributed by atoms with Gasteiger partial charge in [-0.15, -0.1) is 0 Å². The van der Waals surface area contributed by atoms with Crippen LogP contribution in [0.5, 0.6) is 23.0 Å². The molecule has 0 radical (unpaired) electrons. The van der Waals surface area contributed by atoms with Crippen LogP contribution in [0.3, 0.4) is 0 Å². The van der Waals surface area contributed by atoms with E-state index >= 15 is 0 Å². The lowest BCUT2D eigenvalue weighted by atomic mass is 9.82. The standard InChI is InChI=1S/C27H26N2O6/c1-32-19-10-8-18(9-11-19)29-25(30)14-12-21(26(29)20-5-3-4-6-22(20)33-2)27(31)28-17-7-13-23-24(15-17)35-16-34-23/h3-11,13,15,21,26H,12,14,16H2,1-2H3,(H,28,31)/t21-,26+/m1/s1. The Kier molecular flexibility index (Phi) is 6.18. The predicted molar refractivity (Wildman–Crippen MR) is 130 cm³/mol. The first-order valence-corrected chi connectivity index (χ1v) is 11.4. The molecule has 2 heterocycles. The normalized spacial score (nSPS) is 18.8. The van der Waals surface area contributed by atoms with Gasteiger partial charge in [-0.25, -0.2) is 0 Å². The second kappa shape index (κ2) is 9.58. The number of ether oxygens (including phenoxy) is 4. The Labute approximate surface area is 203 Å². The lowest BCUT2D eigenvalue weighted by molar-refractivity contribution is -0.125. The van der Waals surface area contributed by atoms with Gasteiger partial charge in [-0.3, -0.25) is 9.59 Å². The Hall–Kier alpha value is -4.20. The Bertz CT molecular complexity index is 1240. The van der Waals surface area contributed by atoms with Gasteiger partial charge in [-0.1, -0.05) is 18.2 Å². The van der Waals surface area contributed by atoms with E-state index in [1.54, 1.807) is 49.5 Å². The van der Waals surface area contributed by atoms with Crippen molar-refractivity contribution >= 4 is 23.2 Å². The van der Waals surface area contributed by atoms with E-state index in [1.165, 1.54) is 0 Å². The topological polar surface area (TPSA) is 86.3 Å². The molecule has 1 fully saturated rings. The van der Waals surface area contributed by atoms with Crippen molar-refractivity contribution < 1.29 is 28.5 Å². The number of fused-ring (bicyclic) bond motifs is 1. The first-order chi connectivity index (χ1) is 17.1. The number of para-hydroxylation sites is 1. The number of benzene rings is 3. The van der Waals surface area contributed by atoms with E-state index in [1.807, 2.05) is 36.4 Å². The fourth-order valence-corrected chi connectivity index (χ4v) is 4.69. The zero-order valence-electron chi connectivity index (χ0n) is 19.5. The Morgan fingerprint density at radius 3 is 2.51 bits per heavy atom. The molecular weight excluding hydrogens is 448 g/mol. The minimum Gasteiger partial charge on any atom is -0.497 e. The largest absolute Gasteiger partial charge is 0.497 e. The summed E-state index contributed by atoms with van der Waals surface area (Å²) in [6, 6.07) is 19.5. The van der Waals surface area contributed by atoms with Gasteiger partial charge in [0, 0.05) is 29.4 Å². The maximum absolute atomic E-state index is 13.7. The van der Waals surface area contributed by atoms with Crippen LogP contribution in [0.2, 0.25) is 0 Å². The number of carbonyl (C=O) groups is 2. The summed E-state index contributed by atoms with van der Waals surface area (Å²) >= 11 is 0. The Morgan fingerprint density at radius 1 is 0.971 bits per heavy atom. The molecule has 8 nitrogen and oxygen atoms in total. The molecule has 0 aliphatic carbocycles. The number of anilines is 2. The van der Waals surface area contributed by atoms with Gasteiger partial charge in [0.25, 0.3) is 0 Å². The molecule has 35 heavy (non-hydrogen) atoms. The summed E-state index contributed by atoms with van der Waals surface area (Å²) in [5.41, 5.74) is 2.06. The molecule has 5 rings (SSSR count). The van der Waals surface area contributed by atoms with Crippen LogP contribution in [0.25, 0.3) is 0 Å². The summed E-state index contributed by atoms with van der Waals surface area (Å²) in [4.78, 5) is 28.6. The van der Waals surface area contributed by atoms with Gasteiger partial charge in [-0.2, -0.15) is 0 Å². The Balaban J connectivity index is 1.53. The van der Waals surface area contributed by atoms with Gasteiger partial charge < -0.3 is 29.2 Å². The highest BCUT2D eigenvalue weighted by Crippen LogP contribution is 2.44. The first kappa shape index (κ1) is 22.6. The molecule has 2 aliphatic rings. The lowest BCUT2D eigenvalue weighted by Crippen LogP contribution is -2.47. The van der Waals surface area contributed by atoms with E-state index in [-0.39, 0.29) is 25.0 Å². The summed E-state index contributed by atoms with van der Waals surface area (Å²) in [7, 11) is 3.18. The molecule has 0 spiro atoms. The highest BCUT2D eigenvalue weighted by molar-refractivity contribution is 6.00. The molecule has 1 saturated heterocycles. The average Bonchev–Trinajstić information content (AvgIpc) is 3.36.